The molecule has 1 fully saturated rings. The maximum absolute atomic E-state index is 13.5. The van der Waals surface area contributed by atoms with Crippen LogP contribution in [0.2, 0.25) is 0 Å². The van der Waals surface area contributed by atoms with E-state index in [0.717, 1.165) is 55.6 Å². The van der Waals surface area contributed by atoms with Gasteiger partial charge >= 0.3 is 12.3 Å². The number of alkyl halides is 3. The minimum absolute atomic E-state index is 0.0501. The van der Waals surface area contributed by atoms with Crippen molar-refractivity contribution in [2.75, 3.05) is 4.90 Å². The van der Waals surface area contributed by atoms with Crippen LogP contribution >= 0.6 is 11.3 Å². The number of rotatable bonds is 7. The van der Waals surface area contributed by atoms with Crippen molar-refractivity contribution >= 4 is 28.3 Å². The molecule has 0 bridgehead atoms. The van der Waals surface area contributed by atoms with E-state index in [1.165, 1.54) is 30.5 Å². The van der Waals surface area contributed by atoms with Crippen molar-refractivity contribution in [3.05, 3.63) is 65.2 Å². The van der Waals surface area contributed by atoms with Crippen molar-refractivity contribution < 1.29 is 37.3 Å². The fourth-order valence-electron chi connectivity index (χ4n) is 3.90. The number of carbonyl (C=O) groups is 2. The van der Waals surface area contributed by atoms with Crippen LogP contribution in [-0.4, -0.2) is 34.4 Å². The molecule has 4 rings (SSSR count). The van der Waals surface area contributed by atoms with Crippen LogP contribution in [0.25, 0.3) is 0 Å². The van der Waals surface area contributed by atoms with Crippen molar-refractivity contribution in [1.82, 2.24) is 4.98 Å². The fourth-order valence-corrected chi connectivity index (χ4v) is 4.72. The molecule has 1 aromatic heterocycles. The van der Waals surface area contributed by atoms with Gasteiger partial charge in [-0.3, -0.25) is 9.69 Å². The van der Waals surface area contributed by atoms with Crippen molar-refractivity contribution in [1.29, 1.82) is 0 Å². The first-order valence-electron chi connectivity index (χ1n) is 10.9. The Kier molecular flexibility index (Phi) is 7.25. The van der Waals surface area contributed by atoms with E-state index >= 15 is 0 Å². The first kappa shape index (κ1) is 24.5. The van der Waals surface area contributed by atoms with Crippen molar-refractivity contribution in [3.63, 3.8) is 0 Å². The molecule has 2 aromatic carbocycles. The number of hydrogen-bond donors (Lipinski definition) is 1. The fraction of sp³-hybridized carbons (Fsp3) is 0.292. The molecule has 0 saturated heterocycles. The summed E-state index contributed by atoms with van der Waals surface area (Å²) in [5.74, 6) is -1.36. The second kappa shape index (κ2) is 10.3. The van der Waals surface area contributed by atoms with Gasteiger partial charge in [-0.05, 0) is 49.2 Å². The van der Waals surface area contributed by atoms with Crippen LogP contribution in [0.5, 0.6) is 17.2 Å². The van der Waals surface area contributed by atoms with Gasteiger partial charge in [0.15, 0.2) is 5.13 Å². The van der Waals surface area contributed by atoms with Gasteiger partial charge in [0.25, 0.3) is 5.91 Å². The third kappa shape index (κ3) is 6.30. The van der Waals surface area contributed by atoms with Crippen LogP contribution in [0, 0.1) is 0 Å². The molecule has 0 aliphatic heterocycles. The van der Waals surface area contributed by atoms with E-state index < -0.39 is 18.1 Å². The smallest absolute Gasteiger partial charge is 0.477 e. The number of nitrogens with zero attached hydrogens (tertiary/aromatic N) is 2. The summed E-state index contributed by atoms with van der Waals surface area (Å²) in [6, 6.07) is 11.2. The molecule has 1 aliphatic carbocycles. The summed E-state index contributed by atoms with van der Waals surface area (Å²) in [4.78, 5) is 30.6. The average Bonchev–Trinajstić information content (AvgIpc) is 3.30. The highest BCUT2D eigenvalue weighted by molar-refractivity contribution is 7.17. The van der Waals surface area contributed by atoms with Gasteiger partial charge in [0.2, 0.25) is 0 Å². The summed E-state index contributed by atoms with van der Waals surface area (Å²) in [5, 5.41) is 9.59. The largest absolute Gasteiger partial charge is 0.573 e. The predicted octanol–water partition coefficient (Wildman–Crippen LogP) is 6.51. The van der Waals surface area contributed by atoms with Gasteiger partial charge in [0, 0.05) is 17.7 Å². The van der Waals surface area contributed by atoms with E-state index in [2.05, 4.69) is 9.72 Å². The molecule has 7 nitrogen and oxygen atoms in total. The Morgan fingerprint density at radius 3 is 2.31 bits per heavy atom. The minimum Gasteiger partial charge on any atom is -0.477 e. The van der Waals surface area contributed by atoms with E-state index in [1.807, 2.05) is 0 Å². The normalized spacial score (nSPS) is 14.4. The number of aromatic nitrogens is 1. The lowest BCUT2D eigenvalue weighted by Gasteiger charge is -2.32. The molecule has 0 unspecified atom stereocenters. The first-order valence-corrected chi connectivity index (χ1v) is 11.7. The summed E-state index contributed by atoms with van der Waals surface area (Å²) >= 11 is 0.954. The number of carboxylic acid groups (broad SMARTS) is 1. The number of aromatic carboxylic acids is 1. The summed E-state index contributed by atoms with van der Waals surface area (Å²) < 4.78 is 46.9. The zero-order chi connectivity index (χ0) is 25.0. The number of amides is 1. The number of carbonyl (C=O) groups excluding carboxylic acids is 1. The Morgan fingerprint density at radius 2 is 1.69 bits per heavy atom. The molecule has 1 saturated carbocycles. The number of thiazole rings is 1. The molecule has 0 atom stereocenters. The molecule has 0 spiro atoms. The molecule has 11 heteroatoms. The number of benzene rings is 2. The highest BCUT2D eigenvalue weighted by Gasteiger charge is 2.32. The van der Waals surface area contributed by atoms with Gasteiger partial charge in [-0.1, -0.05) is 36.7 Å². The summed E-state index contributed by atoms with van der Waals surface area (Å²) in [7, 11) is 0. The van der Waals surface area contributed by atoms with E-state index in [0.29, 0.717) is 16.4 Å². The molecule has 1 aliphatic rings. The van der Waals surface area contributed by atoms with E-state index in [1.54, 1.807) is 17.0 Å². The average molecular weight is 507 g/mol. The van der Waals surface area contributed by atoms with Crippen LogP contribution < -0.4 is 14.4 Å². The Hall–Kier alpha value is -3.60. The minimum atomic E-state index is -4.81. The molecule has 3 aromatic rings. The van der Waals surface area contributed by atoms with Crippen LogP contribution in [-0.2, 0) is 0 Å². The number of carboxylic acids is 1. The third-order valence-electron chi connectivity index (χ3n) is 5.45. The second-order valence-corrected chi connectivity index (χ2v) is 8.94. The monoisotopic (exact) mass is 506 g/mol. The number of anilines is 1. The Balaban J connectivity index is 1.53. The van der Waals surface area contributed by atoms with E-state index in [-0.39, 0.29) is 22.6 Å². The van der Waals surface area contributed by atoms with Gasteiger partial charge in [-0.2, -0.15) is 0 Å². The van der Waals surface area contributed by atoms with E-state index in [9.17, 15) is 27.9 Å². The topological polar surface area (TPSA) is 89.0 Å². The van der Waals surface area contributed by atoms with Crippen LogP contribution in [0.15, 0.2) is 54.7 Å². The summed E-state index contributed by atoms with van der Waals surface area (Å²) in [6.45, 7) is 0. The molecule has 0 radical (unpaired) electrons. The molecule has 1 amide bonds. The zero-order valence-electron chi connectivity index (χ0n) is 18.3. The number of ether oxygens (including phenoxy) is 2. The standard InChI is InChI=1S/C24H21F3N2O5S/c25-24(26,27)34-19-8-4-7-18(13-19)33-17-11-9-15(10-12-17)21(30)29(16-5-2-1-3-6-16)23-28-14-20(35-23)22(31)32/h4,7-14,16H,1-3,5-6H2,(H,31,32). The number of hydrogen-bond acceptors (Lipinski definition) is 6. The van der Waals surface area contributed by atoms with Crippen LogP contribution in [0.1, 0.15) is 52.1 Å². The van der Waals surface area contributed by atoms with Gasteiger partial charge in [-0.25, -0.2) is 9.78 Å². The lowest BCUT2D eigenvalue weighted by molar-refractivity contribution is -0.274. The SMILES string of the molecule is O=C(O)c1cnc(N(C(=O)c2ccc(Oc3cccc(OC(F)(F)F)c3)cc2)C2CCCCC2)s1. The molecule has 1 heterocycles. The van der Waals surface area contributed by atoms with Gasteiger partial charge < -0.3 is 14.6 Å². The highest BCUT2D eigenvalue weighted by atomic mass is 32.1. The number of halogens is 3. The molecule has 1 N–H and O–H groups in total. The van der Waals surface area contributed by atoms with Gasteiger partial charge in [-0.15, -0.1) is 13.2 Å². The van der Waals surface area contributed by atoms with Gasteiger partial charge in [0.05, 0.1) is 6.20 Å². The first-order chi connectivity index (χ1) is 16.7. The van der Waals surface area contributed by atoms with Crippen LogP contribution in [0.3, 0.4) is 0 Å². The summed E-state index contributed by atoms with van der Waals surface area (Å²) in [5.41, 5.74) is 0.351. The molecular formula is C24H21F3N2O5S. The van der Waals surface area contributed by atoms with Crippen molar-refractivity contribution in [2.45, 2.75) is 44.5 Å². The molecule has 184 valence electrons. The van der Waals surface area contributed by atoms with E-state index in [4.69, 9.17) is 4.74 Å². The predicted molar refractivity (Wildman–Crippen MR) is 122 cm³/mol. The van der Waals surface area contributed by atoms with Crippen molar-refractivity contribution in [3.8, 4) is 17.2 Å². The molecule has 35 heavy (non-hydrogen) atoms. The van der Waals surface area contributed by atoms with Gasteiger partial charge in [0.1, 0.15) is 22.1 Å². The van der Waals surface area contributed by atoms with Crippen LogP contribution in [0.4, 0.5) is 18.3 Å². The quantitative estimate of drug-likeness (QED) is 0.393. The second-order valence-electron chi connectivity index (χ2n) is 7.93. The Labute approximate surface area is 202 Å². The summed E-state index contributed by atoms with van der Waals surface area (Å²) in [6.07, 6.45) is 1.05. The lowest BCUT2D eigenvalue weighted by atomic mass is 9.94. The zero-order valence-corrected chi connectivity index (χ0v) is 19.1. The maximum atomic E-state index is 13.5. The Bertz CT molecular complexity index is 1190. The lowest BCUT2D eigenvalue weighted by Crippen LogP contribution is -2.41. The maximum Gasteiger partial charge on any atom is 0.573 e. The van der Waals surface area contributed by atoms with Crippen molar-refractivity contribution in [2.24, 2.45) is 0 Å². The highest BCUT2D eigenvalue weighted by Crippen LogP contribution is 2.33. The third-order valence-corrected chi connectivity index (χ3v) is 6.43. The Morgan fingerprint density at radius 1 is 1.00 bits per heavy atom. The molecular weight excluding hydrogens is 485 g/mol.